The number of nitrogens with one attached hydrogen (secondary N) is 1. The van der Waals surface area contributed by atoms with E-state index in [1.807, 2.05) is 20.8 Å². The van der Waals surface area contributed by atoms with Gasteiger partial charge >= 0.3 is 0 Å². The third-order valence-electron chi connectivity index (χ3n) is 5.72. The number of amides is 1. The SMILES string of the molecule is CCCS(=O)(=O)N1CCC(NC(=O)c2cc(-c3ccco3)nc3c2cnn3C(C)C)CC1. The molecule has 3 aromatic heterocycles. The van der Waals surface area contributed by atoms with Crippen LogP contribution in [-0.2, 0) is 10.0 Å². The first-order chi connectivity index (χ1) is 15.3. The standard InChI is InChI=1S/C22H29N5O4S/c1-4-12-32(29,30)26-9-7-16(8-10-26)24-22(28)17-13-19(20-6-5-11-31-20)25-21-18(17)14-23-27(21)15(2)3/h5-6,11,13-16H,4,7-10,12H2,1-3H3,(H,24,28). The molecule has 3 aromatic rings. The Hall–Kier alpha value is -2.72. The van der Waals surface area contributed by atoms with Crippen LogP contribution in [0.2, 0.25) is 0 Å². The minimum Gasteiger partial charge on any atom is -0.463 e. The van der Waals surface area contributed by atoms with E-state index >= 15 is 0 Å². The van der Waals surface area contributed by atoms with Gasteiger partial charge in [-0.1, -0.05) is 6.92 Å². The average molecular weight is 460 g/mol. The molecule has 1 aliphatic heterocycles. The number of hydrogen-bond acceptors (Lipinski definition) is 6. The summed E-state index contributed by atoms with van der Waals surface area (Å²) in [6, 6.07) is 5.30. The van der Waals surface area contributed by atoms with Crippen LogP contribution in [0.5, 0.6) is 0 Å². The largest absolute Gasteiger partial charge is 0.463 e. The van der Waals surface area contributed by atoms with Crippen LogP contribution in [0.1, 0.15) is 56.4 Å². The Morgan fingerprint density at radius 2 is 2.06 bits per heavy atom. The second-order valence-corrected chi connectivity index (χ2v) is 10.5. The fourth-order valence-corrected chi connectivity index (χ4v) is 5.60. The average Bonchev–Trinajstić information content (AvgIpc) is 3.43. The number of sulfonamides is 1. The normalized spacial score (nSPS) is 16.1. The van der Waals surface area contributed by atoms with Crippen LogP contribution in [-0.4, -0.2) is 58.3 Å². The molecule has 0 bridgehead atoms. The lowest BCUT2D eigenvalue weighted by Crippen LogP contribution is -2.47. The number of hydrogen-bond donors (Lipinski definition) is 1. The molecule has 0 radical (unpaired) electrons. The van der Waals surface area contributed by atoms with E-state index in [-0.39, 0.29) is 23.7 Å². The summed E-state index contributed by atoms with van der Waals surface area (Å²) in [4.78, 5) is 18.0. The van der Waals surface area contributed by atoms with Crippen molar-refractivity contribution in [2.75, 3.05) is 18.8 Å². The second-order valence-electron chi connectivity index (χ2n) is 8.42. The minimum absolute atomic E-state index is 0.0807. The molecule has 0 aromatic carbocycles. The lowest BCUT2D eigenvalue weighted by Gasteiger charge is -2.31. The molecule has 0 saturated carbocycles. The number of furan rings is 1. The van der Waals surface area contributed by atoms with Gasteiger partial charge in [0.05, 0.1) is 29.2 Å². The number of carbonyl (C=O) groups excluding carboxylic acids is 1. The zero-order valence-corrected chi connectivity index (χ0v) is 19.4. The van der Waals surface area contributed by atoms with Crippen LogP contribution >= 0.6 is 0 Å². The minimum atomic E-state index is -3.21. The summed E-state index contributed by atoms with van der Waals surface area (Å²) in [5.41, 5.74) is 1.67. The number of pyridine rings is 1. The number of rotatable bonds is 7. The highest BCUT2D eigenvalue weighted by Gasteiger charge is 2.29. The van der Waals surface area contributed by atoms with Crippen molar-refractivity contribution in [3.05, 3.63) is 36.2 Å². The Bertz CT molecular complexity index is 1190. The highest BCUT2D eigenvalue weighted by atomic mass is 32.2. The molecule has 32 heavy (non-hydrogen) atoms. The molecule has 1 saturated heterocycles. The van der Waals surface area contributed by atoms with Crippen LogP contribution in [0, 0.1) is 0 Å². The van der Waals surface area contributed by atoms with Crippen molar-refractivity contribution in [1.82, 2.24) is 24.4 Å². The van der Waals surface area contributed by atoms with Gasteiger partial charge in [-0.2, -0.15) is 5.10 Å². The van der Waals surface area contributed by atoms with Crippen LogP contribution in [0.15, 0.2) is 35.1 Å². The van der Waals surface area contributed by atoms with E-state index < -0.39 is 10.0 Å². The predicted molar refractivity (Wildman–Crippen MR) is 122 cm³/mol. The third-order valence-corrected chi connectivity index (χ3v) is 7.79. The molecule has 0 spiro atoms. The van der Waals surface area contributed by atoms with Gasteiger partial charge < -0.3 is 9.73 Å². The van der Waals surface area contributed by atoms with Crippen molar-refractivity contribution in [2.24, 2.45) is 0 Å². The smallest absolute Gasteiger partial charge is 0.252 e. The molecule has 4 heterocycles. The molecule has 0 aliphatic carbocycles. The quantitative estimate of drug-likeness (QED) is 0.581. The fraction of sp³-hybridized carbons (Fsp3) is 0.500. The molecule has 0 atom stereocenters. The first-order valence-corrected chi connectivity index (χ1v) is 12.6. The van der Waals surface area contributed by atoms with Crippen LogP contribution in [0.25, 0.3) is 22.5 Å². The number of fused-ring (bicyclic) bond motifs is 1. The maximum absolute atomic E-state index is 13.3. The lowest BCUT2D eigenvalue weighted by molar-refractivity contribution is 0.0925. The van der Waals surface area contributed by atoms with E-state index in [9.17, 15) is 13.2 Å². The number of piperidine rings is 1. The van der Waals surface area contributed by atoms with Gasteiger partial charge in [-0.15, -0.1) is 0 Å². The molecule has 1 N–H and O–H groups in total. The maximum atomic E-state index is 13.3. The molecule has 10 heteroatoms. The van der Waals surface area contributed by atoms with Crippen molar-refractivity contribution in [3.63, 3.8) is 0 Å². The highest BCUT2D eigenvalue weighted by Crippen LogP contribution is 2.27. The summed E-state index contributed by atoms with van der Waals surface area (Å²) in [5, 5.41) is 8.19. The zero-order valence-electron chi connectivity index (χ0n) is 18.6. The van der Waals surface area contributed by atoms with Gasteiger partial charge in [0.25, 0.3) is 5.91 Å². The molecular formula is C22H29N5O4S. The van der Waals surface area contributed by atoms with E-state index in [4.69, 9.17) is 9.40 Å². The molecule has 172 valence electrons. The first-order valence-electron chi connectivity index (χ1n) is 11.0. The summed E-state index contributed by atoms with van der Waals surface area (Å²) < 4.78 is 33.4. The van der Waals surface area contributed by atoms with Crippen molar-refractivity contribution in [2.45, 2.75) is 52.1 Å². The van der Waals surface area contributed by atoms with Gasteiger partial charge in [0, 0.05) is 25.2 Å². The summed E-state index contributed by atoms with van der Waals surface area (Å²) in [6.07, 6.45) is 5.00. The third kappa shape index (κ3) is 4.42. The van der Waals surface area contributed by atoms with E-state index in [2.05, 4.69) is 10.4 Å². The summed E-state index contributed by atoms with van der Waals surface area (Å²) in [7, 11) is -3.21. The van der Waals surface area contributed by atoms with Crippen molar-refractivity contribution >= 4 is 27.0 Å². The Balaban J connectivity index is 1.57. The van der Waals surface area contributed by atoms with Gasteiger partial charge in [0.2, 0.25) is 10.0 Å². The molecular weight excluding hydrogens is 430 g/mol. The van der Waals surface area contributed by atoms with Gasteiger partial charge in [-0.05, 0) is 51.3 Å². The summed E-state index contributed by atoms with van der Waals surface area (Å²) in [6.45, 7) is 6.71. The molecule has 1 amide bonds. The molecule has 0 unspecified atom stereocenters. The zero-order chi connectivity index (χ0) is 22.9. The van der Waals surface area contributed by atoms with E-state index in [1.165, 1.54) is 4.31 Å². The number of carbonyl (C=O) groups is 1. The Labute approximate surface area is 187 Å². The van der Waals surface area contributed by atoms with Gasteiger partial charge in [0.15, 0.2) is 11.4 Å². The Kier molecular flexibility index (Phi) is 6.34. The van der Waals surface area contributed by atoms with Crippen molar-refractivity contribution in [1.29, 1.82) is 0 Å². The maximum Gasteiger partial charge on any atom is 0.252 e. The molecule has 1 aliphatic rings. The Morgan fingerprint density at radius 3 is 2.69 bits per heavy atom. The van der Waals surface area contributed by atoms with Crippen molar-refractivity contribution in [3.8, 4) is 11.5 Å². The van der Waals surface area contributed by atoms with E-state index in [0.717, 1.165) is 0 Å². The molecule has 1 fully saturated rings. The van der Waals surface area contributed by atoms with Crippen LogP contribution in [0.3, 0.4) is 0 Å². The topological polar surface area (TPSA) is 110 Å². The van der Waals surface area contributed by atoms with Crippen LogP contribution in [0.4, 0.5) is 0 Å². The van der Waals surface area contributed by atoms with Gasteiger partial charge in [-0.3, -0.25) is 4.79 Å². The predicted octanol–water partition coefficient (Wildman–Crippen LogP) is 3.21. The summed E-state index contributed by atoms with van der Waals surface area (Å²) in [5.74, 6) is 0.518. The summed E-state index contributed by atoms with van der Waals surface area (Å²) >= 11 is 0. The first kappa shape index (κ1) is 22.5. The van der Waals surface area contributed by atoms with Gasteiger partial charge in [-0.25, -0.2) is 22.4 Å². The molecule has 9 nitrogen and oxygen atoms in total. The highest BCUT2D eigenvalue weighted by molar-refractivity contribution is 7.89. The molecule has 4 rings (SSSR count). The van der Waals surface area contributed by atoms with E-state index in [1.54, 1.807) is 35.3 Å². The van der Waals surface area contributed by atoms with Crippen LogP contribution < -0.4 is 5.32 Å². The van der Waals surface area contributed by atoms with E-state index in [0.29, 0.717) is 60.4 Å². The second kappa shape index (κ2) is 9.03. The fourth-order valence-electron chi connectivity index (χ4n) is 4.06. The van der Waals surface area contributed by atoms with Gasteiger partial charge in [0.1, 0.15) is 5.69 Å². The monoisotopic (exact) mass is 459 g/mol. The lowest BCUT2D eigenvalue weighted by atomic mass is 10.0. The van der Waals surface area contributed by atoms with Crippen molar-refractivity contribution < 1.29 is 17.6 Å². The number of aromatic nitrogens is 3. The Morgan fingerprint density at radius 1 is 1.31 bits per heavy atom. The number of nitrogens with zero attached hydrogens (tertiary/aromatic N) is 4.